The van der Waals surface area contributed by atoms with Gasteiger partial charge in [-0.05, 0) is 50.4 Å². The highest BCUT2D eigenvalue weighted by Gasteiger charge is 2.56. The third-order valence-electron chi connectivity index (χ3n) is 7.82. The molecule has 3 atom stereocenters. The third kappa shape index (κ3) is 4.22. The molecule has 152 valence electrons. The monoisotopic (exact) mass is 374 g/mol. The van der Waals surface area contributed by atoms with Crippen molar-refractivity contribution < 1.29 is 14.4 Å². The second-order valence-electron chi connectivity index (χ2n) is 10.6. The second-order valence-corrected chi connectivity index (χ2v) is 10.6. The molecule has 3 fully saturated rings. The van der Waals surface area contributed by atoms with Gasteiger partial charge in [-0.15, -0.1) is 0 Å². The van der Waals surface area contributed by atoms with Gasteiger partial charge in [-0.2, -0.15) is 0 Å². The van der Waals surface area contributed by atoms with Crippen molar-refractivity contribution in [1.29, 1.82) is 0 Å². The first-order valence-corrected chi connectivity index (χ1v) is 11.2. The van der Waals surface area contributed by atoms with E-state index >= 15 is 0 Å². The predicted molar refractivity (Wildman–Crippen MR) is 107 cm³/mol. The molecule has 0 aliphatic heterocycles. The van der Waals surface area contributed by atoms with Gasteiger partial charge in [0, 0.05) is 35.0 Å². The molecule has 0 aromatic carbocycles. The van der Waals surface area contributed by atoms with Gasteiger partial charge in [-0.25, -0.2) is 0 Å². The van der Waals surface area contributed by atoms with Gasteiger partial charge < -0.3 is 0 Å². The molecule has 3 unspecified atom stereocenters. The van der Waals surface area contributed by atoms with Gasteiger partial charge in [0.1, 0.15) is 17.3 Å². The zero-order valence-electron chi connectivity index (χ0n) is 17.9. The maximum Gasteiger partial charge on any atom is 0.141 e. The summed E-state index contributed by atoms with van der Waals surface area (Å²) in [4.78, 5) is 37.9. The van der Waals surface area contributed by atoms with E-state index in [1.807, 2.05) is 27.7 Å². The van der Waals surface area contributed by atoms with Crippen molar-refractivity contribution in [3.8, 4) is 0 Å². The quantitative estimate of drug-likeness (QED) is 0.553. The molecule has 3 aliphatic rings. The zero-order chi connectivity index (χ0) is 19.9. The van der Waals surface area contributed by atoms with E-state index in [0.29, 0.717) is 29.2 Å². The molecule has 0 aromatic heterocycles. The van der Waals surface area contributed by atoms with E-state index in [9.17, 15) is 14.4 Å². The van der Waals surface area contributed by atoms with Gasteiger partial charge in [0.05, 0.1) is 0 Å². The Balaban J connectivity index is 1.45. The van der Waals surface area contributed by atoms with Crippen molar-refractivity contribution in [1.82, 2.24) is 0 Å². The Labute approximate surface area is 165 Å². The smallest absolute Gasteiger partial charge is 0.141 e. The van der Waals surface area contributed by atoms with Gasteiger partial charge in [0.2, 0.25) is 0 Å². The van der Waals surface area contributed by atoms with Crippen LogP contribution in [0, 0.1) is 46.8 Å². The lowest BCUT2D eigenvalue weighted by molar-refractivity contribution is -0.137. The normalized spacial score (nSPS) is 32.2. The summed E-state index contributed by atoms with van der Waals surface area (Å²) >= 11 is 0. The molecular formula is C24H38O3. The summed E-state index contributed by atoms with van der Waals surface area (Å²) in [5.41, 5.74) is -0.379. The number of carbonyl (C=O) groups excluding carboxylic acids is 3. The Morgan fingerprint density at radius 1 is 0.889 bits per heavy atom. The van der Waals surface area contributed by atoms with E-state index in [2.05, 4.69) is 6.92 Å². The molecule has 0 aromatic rings. The SMILES string of the molecule is CC(C)C(=O)C1CC1C(C)(C)C(=O)C1CC(CC(C)C(=O)C2CCCC2)C1. The Morgan fingerprint density at radius 2 is 1.48 bits per heavy atom. The van der Waals surface area contributed by atoms with Crippen molar-refractivity contribution in [3.63, 3.8) is 0 Å². The van der Waals surface area contributed by atoms with Crippen LogP contribution in [0.25, 0.3) is 0 Å². The lowest BCUT2D eigenvalue weighted by Crippen LogP contribution is -2.41. The number of Topliss-reactive ketones (excluding diaryl/α,β-unsaturated/α-hetero) is 3. The average Bonchev–Trinajstić information content (AvgIpc) is 3.22. The summed E-state index contributed by atoms with van der Waals surface area (Å²) in [5, 5.41) is 0. The molecule has 3 rings (SSSR count). The van der Waals surface area contributed by atoms with Crippen LogP contribution in [0.15, 0.2) is 0 Å². The first kappa shape index (κ1) is 20.7. The summed E-state index contributed by atoms with van der Waals surface area (Å²) in [6, 6.07) is 0. The fraction of sp³-hybridized carbons (Fsp3) is 0.875. The Bertz CT molecular complexity index is 591. The minimum atomic E-state index is -0.379. The second kappa shape index (κ2) is 7.79. The maximum absolute atomic E-state index is 13.1. The van der Waals surface area contributed by atoms with Gasteiger partial charge in [0.15, 0.2) is 0 Å². The molecule has 3 saturated carbocycles. The lowest BCUT2D eigenvalue weighted by Gasteiger charge is -2.40. The highest BCUT2D eigenvalue weighted by Crippen LogP contribution is 2.55. The van der Waals surface area contributed by atoms with Gasteiger partial charge in [0.25, 0.3) is 0 Å². The van der Waals surface area contributed by atoms with E-state index in [0.717, 1.165) is 38.5 Å². The minimum Gasteiger partial charge on any atom is -0.299 e. The van der Waals surface area contributed by atoms with Gasteiger partial charge in [-0.3, -0.25) is 14.4 Å². The molecule has 0 saturated heterocycles. The van der Waals surface area contributed by atoms with Crippen LogP contribution in [0.1, 0.15) is 86.0 Å². The van der Waals surface area contributed by atoms with E-state index < -0.39 is 0 Å². The van der Waals surface area contributed by atoms with Gasteiger partial charge >= 0.3 is 0 Å². The number of hydrogen-bond acceptors (Lipinski definition) is 3. The Hall–Kier alpha value is -0.990. The van der Waals surface area contributed by atoms with E-state index in [-0.39, 0.29) is 35.0 Å². The first-order chi connectivity index (χ1) is 12.6. The average molecular weight is 375 g/mol. The molecule has 3 nitrogen and oxygen atoms in total. The predicted octanol–water partition coefficient (Wildman–Crippen LogP) is 5.25. The topological polar surface area (TPSA) is 51.2 Å². The van der Waals surface area contributed by atoms with Crippen LogP contribution in [0.5, 0.6) is 0 Å². The minimum absolute atomic E-state index is 0.0675. The van der Waals surface area contributed by atoms with Crippen molar-refractivity contribution in [2.75, 3.05) is 0 Å². The largest absolute Gasteiger partial charge is 0.299 e. The molecular weight excluding hydrogens is 336 g/mol. The fourth-order valence-corrected chi connectivity index (χ4v) is 5.82. The fourth-order valence-electron chi connectivity index (χ4n) is 5.82. The summed E-state index contributed by atoms with van der Waals surface area (Å²) in [5.74, 6) is 2.69. The zero-order valence-corrected chi connectivity index (χ0v) is 17.9. The number of hydrogen-bond donors (Lipinski definition) is 0. The summed E-state index contributed by atoms with van der Waals surface area (Å²) in [6.45, 7) is 10.1. The molecule has 0 radical (unpaired) electrons. The summed E-state index contributed by atoms with van der Waals surface area (Å²) < 4.78 is 0. The summed E-state index contributed by atoms with van der Waals surface area (Å²) in [6.07, 6.45) is 8.32. The Morgan fingerprint density at radius 3 is 2.04 bits per heavy atom. The molecule has 3 heteroatoms. The van der Waals surface area contributed by atoms with Crippen LogP contribution >= 0.6 is 0 Å². The highest BCUT2D eigenvalue weighted by atomic mass is 16.1. The number of ketones is 3. The first-order valence-electron chi connectivity index (χ1n) is 11.2. The van der Waals surface area contributed by atoms with Crippen LogP contribution in [0.4, 0.5) is 0 Å². The van der Waals surface area contributed by atoms with Crippen LogP contribution in [0.2, 0.25) is 0 Å². The van der Waals surface area contributed by atoms with E-state index in [1.54, 1.807) is 0 Å². The number of carbonyl (C=O) groups is 3. The van der Waals surface area contributed by atoms with Crippen molar-refractivity contribution in [2.24, 2.45) is 46.8 Å². The van der Waals surface area contributed by atoms with E-state index in [4.69, 9.17) is 0 Å². The molecule has 0 bridgehead atoms. The van der Waals surface area contributed by atoms with Crippen LogP contribution in [0.3, 0.4) is 0 Å². The van der Waals surface area contributed by atoms with E-state index in [1.165, 1.54) is 12.8 Å². The highest BCUT2D eigenvalue weighted by molar-refractivity contribution is 5.91. The standard InChI is InChI=1S/C24H38O3/c1-14(2)21(25)19-13-20(19)24(4,5)23(27)18-11-16(12-18)10-15(3)22(26)17-8-6-7-9-17/h14-20H,6-13H2,1-5H3. The van der Waals surface area contributed by atoms with Crippen molar-refractivity contribution in [2.45, 2.75) is 86.0 Å². The molecule has 0 amide bonds. The van der Waals surface area contributed by atoms with Gasteiger partial charge in [-0.1, -0.05) is 47.5 Å². The molecule has 27 heavy (non-hydrogen) atoms. The lowest BCUT2D eigenvalue weighted by atomic mass is 9.63. The number of rotatable bonds is 9. The molecule has 3 aliphatic carbocycles. The maximum atomic E-state index is 13.1. The molecule has 0 heterocycles. The Kier molecular flexibility index (Phi) is 5.99. The van der Waals surface area contributed by atoms with Crippen LogP contribution in [-0.4, -0.2) is 17.3 Å². The van der Waals surface area contributed by atoms with Crippen LogP contribution < -0.4 is 0 Å². The third-order valence-corrected chi connectivity index (χ3v) is 7.82. The van der Waals surface area contributed by atoms with Crippen molar-refractivity contribution in [3.05, 3.63) is 0 Å². The molecule has 0 N–H and O–H groups in total. The summed E-state index contributed by atoms with van der Waals surface area (Å²) in [7, 11) is 0. The molecule has 0 spiro atoms. The van der Waals surface area contributed by atoms with Crippen LogP contribution in [-0.2, 0) is 14.4 Å². The van der Waals surface area contributed by atoms with Crippen molar-refractivity contribution >= 4 is 17.3 Å².